The first-order valence-corrected chi connectivity index (χ1v) is 9.08. The van der Waals surface area contributed by atoms with Gasteiger partial charge >= 0.3 is 0 Å². The van der Waals surface area contributed by atoms with Gasteiger partial charge in [0.15, 0.2) is 0 Å². The summed E-state index contributed by atoms with van der Waals surface area (Å²) in [6, 6.07) is 7.05. The Morgan fingerprint density at radius 2 is 1.83 bits per heavy atom. The van der Waals surface area contributed by atoms with Crippen molar-refractivity contribution in [2.45, 2.75) is 25.0 Å². The lowest BCUT2D eigenvalue weighted by Crippen LogP contribution is -2.51. The standard InChI is InChI=1S/C19H25N5O4.ClH/c1-27-16-5-3-14(4-6-16)22-17(25)13-24-12-15(11-21-24)23-18(26)19(28-2)7-9-20-10-8-19;/h3-6,11-12,20H,7-10,13H2,1-2H3,(H,22,25)(H,23,26);1H. The van der Waals surface area contributed by atoms with Crippen molar-refractivity contribution in [2.24, 2.45) is 0 Å². The number of hydrogen-bond acceptors (Lipinski definition) is 6. The molecule has 29 heavy (non-hydrogen) atoms. The van der Waals surface area contributed by atoms with Gasteiger partial charge in [-0.2, -0.15) is 5.10 Å². The quantitative estimate of drug-likeness (QED) is 0.625. The van der Waals surface area contributed by atoms with Crippen molar-refractivity contribution >= 4 is 35.6 Å². The van der Waals surface area contributed by atoms with Crippen LogP contribution < -0.4 is 20.7 Å². The van der Waals surface area contributed by atoms with Crippen LogP contribution in [0.2, 0.25) is 0 Å². The third kappa shape index (κ3) is 5.69. The molecule has 2 amide bonds. The molecule has 3 rings (SSSR count). The molecule has 1 fully saturated rings. The van der Waals surface area contributed by atoms with Crippen LogP contribution in [-0.4, -0.2) is 54.5 Å². The molecule has 0 bridgehead atoms. The van der Waals surface area contributed by atoms with Crippen molar-refractivity contribution in [3.05, 3.63) is 36.7 Å². The number of ether oxygens (including phenoxy) is 2. The second-order valence-corrected chi connectivity index (χ2v) is 6.61. The predicted molar refractivity (Wildman–Crippen MR) is 112 cm³/mol. The van der Waals surface area contributed by atoms with E-state index in [0.717, 1.165) is 13.1 Å². The molecule has 1 aliphatic rings. The van der Waals surface area contributed by atoms with E-state index in [0.29, 0.717) is 30.0 Å². The average Bonchev–Trinajstić information content (AvgIpc) is 3.15. The number of methoxy groups -OCH3 is 2. The number of carbonyl (C=O) groups is 2. The van der Waals surface area contributed by atoms with E-state index in [9.17, 15) is 9.59 Å². The van der Waals surface area contributed by atoms with Crippen LogP contribution in [-0.2, 0) is 20.9 Å². The first kappa shape index (κ1) is 22.7. The van der Waals surface area contributed by atoms with Gasteiger partial charge in [0.2, 0.25) is 5.91 Å². The lowest BCUT2D eigenvalue weighted by molar-refractivity contribution is -0.140. The van der Waals surface area contributed by atoms with Gasteiger partial charge in [0.05, 0.1) is 19.0 Å². The number of aromatic nitrogens is 2. The van der Waals surface area contributed by atoms with E-state index in [4.69, 9.17) is 9.47 Å². The molecule has 10 heteroatoms. The first-order chi connectivity index (χ1) is 13.5. The van der Waals surface area contributed by atoms with Crippen molar-refractivity contribution in [3.63, 3.8) is 0 Å². The van der Waals surface area contributed by atoms with E-state index < -0.39 is 5.60 Å². The molecule has 0 unspecified atom stereocenters. The van der Waals surface area contributed by atoms with Gasteiger partial charge in [0.1, 0.15) is 17.9 Å². The van der Waals surface area contributed by atoms with Gasteiger partial charge < -0.3 is 25.4 Å². The summed E-state index contributed by atoms with van der Waals surface area (Å²) < 4.78 is 12.1. The molecule has 0 spiro atoms. The number of carbonyl (C=O) groups excluding carboxylic acids is 2. The molecule has 3 N–H and O–H groups in total. The van der Waals surface area contributed by atoms with Gasteiger partial charge in [0.25, 0.3) is 5.91 Å². The topological polar surface area (TPSA) is 107 Å². The summed E-state index contributed by atoms with van der Waals surface area (Å²) in [6.07, 6.45) is 4.35. The molecule has 0 saturated carbocycles. The van der Waals surface area contributed by atoms with Crippen LogP contribution >= 0.6 is 12.4 Å². The molecule has 0 radical (unpaired) electrons. The summed E-state index contributed by atoms with van der Waals surface area (Å²) in [5, 5.41) is 13.0. The molecule has 2 aromatic rings. The number of halogens is 1. The largest absolute Gasteiger partial charge is 0.497 e. The highest BCUT2D eigenvalue weighted by Gasteiger charge is 2.39. The first-order valence-electron chi connectivity index (χ1n) is 9.08. The number of nitrogens with one attached hydrogen (secondary N) is 3. The predicted octanol–water partition coefficient (Wildman–Crippen LogP) is 1.66. The van der Waals surface area contributed by atoms with E-state index in [1.165, 1.54) is 10.9 Å². The number of piperidine rings is 1. The van der Waals surface area contributed by atoms with Crippen LogP contribution in [0.25, 0.3) is 0 Å². The van der Waals surface area contributed by atoms with Crippen LogP contribution in [0.3, 0.4) is 0 Å². The molecule has 158 valence electrons. The summed E-state index contributed by atoms with van der Waals surface area (Å²) in [6.45, 7) is 1.49. The average molecular weight is 424 g/mol. The number of anilines is 2. The molecular formula is C19H26ClN5O4. The Morgan fingerprint density at radius 1 is 1.14 bits per heavy atom. The lowest BCUT2D eigenvalue weighted by atomic mass is 9.91. The van der Waals surface area contributed by atoms with Crippen molar-refractivity contribution in [1.29, 1.82) is 0 Å². The molecule has 9 nitrogen and oxygen atoms in total. The zero-order chi connectivity index (χ0) is 20.0. The van der Waals surface area contributed by atoms with Crippen LogP contribution in [0.4, 0.5) is 11.4 Å². The molecule has 1 aliphatic heterocycles. The molecular weight excluding hydrogens is 398 g/mol. The third-order valence-corrected chi connectivity index (χ3v) is 4.79. The second kappa shape index (κ2) is 10.2. The highest BCUT2D eigenvalue weighted by atomic mass is 35.5. The smallest absolute Gasteiger partial charge is 0.256 e. The molecule has 2 heterocycles. The van der Waals surface area contributed by atoms with Crippen molar-refractivity contribution in [1.82, 2.24) is 15.1 Å². The summed E-state index contributed by atoms with van der Waals surface area (Å²) in [7, 11) is 3.14. The highest BCUT2D eigenvalue weighted by molar-refractivity contribution is 5.97. The van der Waals surface area contributed by atoms with Crippen molar-refractivity contribution in [3.8, 4) is 5.75 Å². The zero-order valence-electron chi connectivity index (χ0n) is 16.4. The van der Waals surface area contributed by atoms with Crippen LogP contribution in [0, 0.1) is 0 Å². The van der Waals surface area contributed by atoms with Gasteiger partial charge in [-0.25, -0.2) is 0 Å². The number of benzene rings is 1. The van der Waals surface area contributed by atoms with Crippen LogP contribution in [0.15, 0.2) is 36.7 Å². The maximum absolute atomic E-state index is 12.7. The normalized spacial score (nSPS) is 15.1. The molecule has 1 saturated heterocycles. The molecule has 1 aromatic heterocycles. The number of rotatable bonds is 7. The summed E-state index contributed by atoms with van der Waals surface area (Å²) in [5.41, 5.74) is 0.357. The minimum absolute atomic E-state index is 0. The van der Waals surface area contributed by atoms with E-state index in [1.54, 1.807) is 44.7 Å². The van der Waals surface area contributed by atoms with E-state index in [1.807, 2.05) is 0 Å². The lowest BCUT2D eigenvalue weighted by Gasteiger charge is -2.34. The number of nitrogens with zero attached hydrogens (tertiary/aromatic N) is 2. The summed E-state index contributed by atoms with van der Waals surface area (Å²) >= 11 is 0. The summed E-state index contributed by atoms with van der Waals surface area (Å²) in [4.78, 5) is 24.8. The van der Waals surface area contributed by atoms with Gasteiger partial charge in [-0.05, 0) is 50.2 Å². The maximum Gasteiger partial charge on any atom is 0.256 e. The van der Waals surface area contributed by atoms with Crippen molar-refractivity contribution in [2.75, 3.05) is 37.9 Å². The number of hydrogen-bond donors (Lipinski definition) is 3. The Hall–Kier alpha value is -2.62. The van der Waals surface area contributed by atoms with Crippen molar-refractivity contribution < 1.29 is 19.1 Å². The van der Waals surface area contributed by atoms with Crippen LogP contribution in [0.1, 0.15) is 12.8 Å². The highest BCUT2D eigenvalue weighted by Crippen LogP contribution is 2.24. The molecule has 1 aromatic carbocycles. The Labute approximate surface area is 175 Å². The van der Waals surface area contributed by atoms with Gasteiger partial charge in [-0.15, -0.1) is 12.4 Å². The third-order valence-electron chi connectivity index (χ3n) is 4.79. The number of amides is 2. The Morgan fingerprint density at radius 3 is 2.45 bits per heavy atom. The fraction of sp³-hybridized carbons (Fsp3) is 0.421. The SMILES string of the molecule is COc1ccc(NC(=O)Cn2cc(NC(=O)C3(OC)CCNCC3)cn2)cc1.Cl. The Bertz CT molecular complexity index is 818. The summed E-state index contributed by atoms with van der Waals surface area (Å²) in [5.74, 6) is 0.296. The van der Waals surface area contributed by atoms with Crippen LogP contribution in [0.5, 0.6) is 5.75 Å². The van der Waals surface area contributed by atoms with E-state index in [-0.39, 0.29) is 30.8 Å². The fourth-order valence-corrected chi connectivity index (χ4v) is 3.14. The zero-order valence-corrected chi connectivity index (χ0v) is 17.3. The molecule has 0 atom stereocenters. The van der Waals surface area contributed by atoms with Gasteiger partial charge in [0, 0.05) is 19.0 Å². The fourth-order valence-electron chi connectivity index (χ4n) is 3.14. The monoisotopic (exact) mass is 423 g/mol. The second-order valence-electron chi connectivity index (χ2n) is 6.61. The van der Waals surface area contributed by atoms with Gasteiger partial charge in [-0.1, -0.05) is 0 Å². The minimum Gasteiger partial charge on any atom is -0.497 e. The Kier molecular flexibility index (Phi) is 8.00. The van der Waals surface area contributed by atoms with E-state index >= 15 is 0 Å². The Balaban J connectivity index is 0.00000300. The van der Waals surface area contributed by atoms with E-state index in [2.05, 4.69) is 21.0 Å². The minimum atomic E-state index is -0.834. The van der Waals surface area contributed by atoms with Gasteiger partial charge in [-0.3, -0.25) is 14.3 Å². The maximum atomic E-state index is 12.7. The molecule has 0 aliphatic carbocycles.